The minimum Gasteiger partial charge on any atom is -0.355 e. The van der Waals surface area contributed by atoms with E-state index in [4.69, 9.17) is 4.52 Å². The van der Waals surface area contributed by atoms with E-state index < -0.39 is 0 Å². The van der Waals surface area contributed by atoms with Crippen LogP contribution in [0, 0.1) is 0 Å². The van der Waals surface area contributed by atoms with Crippen molar-refractivity contribution in [2.45, 2.75) is 19.9 Å². The van der Waals surface area contributed by atoms with E-state index in [1.165, 1.54) is 0 Å². The average molecular weight is 127 g/mol. The maximum atomic E-state index is 4.89. The number of hydrogen-bond donors (Lipinski definition) is 1. The van der Waals surface area contributed by atoms with Gasteiger partial charge >= 0.3 is 0 Å². The zero-order valence-corrected chi connectivity index (χ0v) is 5.55. The molecule has 0 fully saturated rings. The zero-order chi connectivity index (χ0) is 6.69. The standard InChI is InChI=1S/C6H10N2O/c1-2-5-3-6(4-7)9-8-5/h3H,2,4,7H2,1H3/p+1. The summed E-state index contributed by atoms with van der Waals surface area (Å²) in [5.74, 6) is 0.867. The van der Waals surface area contributed by atoms with Crippen molar-refractivity contribution in [1.29, 1.82) is 0 Å². The summed E-state index contributed by atoms with van der Waals surface area (Å²) in [4.78, 5) is 0. The molecule has 0 aliphatic heterocycles. The number of nitrogens with zero attached hydrogens (tertiary/aromatic N) is 1. The van der Waals surface area contributed by atoms with Gasteiger partial charge in [0.15, 0.2) is 5.76 Å². The lowest BCUT2D eigenvalue weighted by atomic mass is 10.3. The fourth-order valence-electron chi connectivity index (χ4n) is 0.640. The summed E-state index contributed by atoms with van der Waals surface area (Å²) in [6, 6.07) is 1.94. The Bertz CT molecular complexity index is 164. The van der Waals surface area contributed by atoms with Crippen LogP contribution in [0.2, 0.25) is 0 Å². The first-order valence-electron chi connectivity index (χ1n) is 3.10. The van der Waals surface area contributed by atoms with Crippen molar-refractivity contribution in [2.75, 3.05) is 0 Å². The van der Waals surface area contributed by atoms with Crippen molar-refractivity contribution in [3.63, 3.8) is 0 Å². The Hall–Kier alpha value is -0.830. The monoisotopic (exact) mass is 127 g/mol. The molecule has 1 aromatic heterocycles. The molecule has 3 heteroatoms. The lowest BCUT2D eigenvalue weighted by molar-refractivity contribution is -0.390. The van der Waals surface area contributed by atoms with E-state index in [1.807, 2.05) is 13.0 Å². The molecular formula is C6H11N2O+. The van der Waals surface area contributed by atoms with Gasteiger partial charge in [0.05, 0.1) is 5.69 Å². The molecule has 0 spiro atoms. The van der Waals surface area contributed by atoms with E-state index in [2.05, 4.69) is 10.9 Å². The molecule has 0 aromatic carbocycles. The summed E-state index contributed by atoms with van der Waals surface area (Å²) in [5, 5.41) is 3.79. The van der Waals surface area contributed by atoms with Gasteiger partial charge in [0.2, 0.25) is 0 Å². The molecule has 3 nitrogen and oxygen atoms in total. The third-order valence-corrected chi connectivity index (χ3v) is 1.22. The van der Waals surface area contributed by atoms with Crippen LogP contribution in [-0.4, -0.2) is 5.16 Å². The molecule has 0 saturated heterocycles. The fraction of sp³-hybridized carbons (Fsp3) is 0.500. The van der Waals surface area contributed by atoms with Crippen molar-refractivity contribution in [1.82, 2.24) is 5.16 Å². The zero-order valence-electron chi connectivity index (χ0n) is 5.55. The predicted molar refractivity (Wildman–Crippen MR) is 32.5 cm³/mol. The maximum Gasteiger partial charge on any atom is 0.190 e. The van der Waals surface area contributed by atoms with Crippen LogP contribution in [0.5, 0.6) is 0 Å². The van der Waals surface area contributed by atoms with Crippen LogP contribution in [0.25, 0.3) is 0 Å². The van der Waals surface area contributed by atoms with E-state index in [0.29, 0.717) is 6.54 Å². The molecule has 0 saturated carbocycles. The molecule has 0 bridgehead atoms. The number of hydrogen-bond acceptors (Lipinski definition) is 2. The molecule has 1 heterocycles. The van der Waals surface area contributed by atoms with Gasteiger partial charge in [-0.05, 0) is 6.42 Å². The maximum absolute atomic E-state index is 4.89. The normalized spacial score (nSPS) is 10.0. The second-order valence-corrected chi connectivity index (χ2v) is 1.89. The summed E-state index contributed by atoms with van der Waals surface area (Å²) in [6.45, 7) is 2.73. The van der Waals surface area contributed by atoms with Gasteiger partial charge in [-0.1, -0.05) is 12.1 Å². The van der Waals surface area contributed by atoms with Crippen molar-refractivity contribution >= 4 is 0 Å². The lowest BCUT2D eigenvalue weighted by Gasteiger charge is -1.76. The third-order valence-electron chi connectivity index (χ3n) is 1.22. The number of rotatable bonds is 2. The van der Waals surface area contributed by atoms with E-state index in [9.17, 15) is 0 Å². The quantitative estimate of drug-likeness (QED) is 0.607. The van der Waals surface area contributed by atoms with Crippen molar-refractivity contribution in [3.05, 3.63) is 17.5 Å². The Morgan fingerprint density at radius 1 is 1.78 bits per heavy atom. The summed E-state index contributed by atoms with van der Waals surface area (Å²) in [7, 11) is 0. The predicted octanol–water partition coefficient (Wildman–Crippen LogP) is -0.0211. The summed E-state index contributed by atoms with van der Waals surface area (Å²) in [5.41, 5.74) is 4.68. The smallest absolute Gasteiger partial charge is 0.190 e. The minimum atomic E-state index is 0.688. The molecule has 0 radical (unpaired) electrons. The van der Waals surface area contributed by atoms with Crippen LogP contribution in [0.3, 0.4) is 0 Å². The number of aryl methyl sites for hydroxylation is 1. The van der Waals surface area contributed by atoms with E-state index >= 15 is 0 Å². The lowest BCUT2D eigenvalue weighted by Crippen LogP contribution is -2.47. The Morgan fingerprint density at radius 2 is 2.56 bits per heavy atom. The molecule has 0 aliphatic rings. The molecule has 0 unspecified atom stereocenters. The van der Waals surface area contributed by atoms with Crippen LogP contribution >= 0.6 is 0 Å². The van der Waals surface area contributed by atoms with Crippen molar-refractivity contribution in [2.24, 2.45) is 0 Å². The van der Waals surface area contributed by atoms with E-state index in [-0.39, 0.29) is 0 Å². The summed E-state index contributed by atoms with van der Waals surface area (Å²) >= 11 is 0. The van der Waals surface area contributed by atoms with Gasteiger partial charge in [-0.15, -0.1) is 0 Å². The third kappa shape index (κ3) is 1.29. The van der Waals surface area contributed by atoms with Crippen LogP contribution in [0.1, 0.15) is 18.4 Å². The second-order valence-electron chi connectivity index (χ2n) is 1.89. The highest BCUT2D eigenvalue weighted by Crippen LogP contribution is 2.01. The molecule has 0 atom stereocenters. The molecule has 1 rings (SSSR count). The Kier molecular flexibility index (Phi) is 1.85. The molecule has 9 heavy (non-hydrogen) atoms. The van der Waals surface area contributed by atoms with Crippen LogP contribution in [-0.2, 0) is 13.0 Å². The Balaban J connectivity index is 2.74. The van der Waals surface area contributed by atoms with E-state index in [1.54, 1.807) is 0 Å². The average Bonchev–Trinajstić information content (AvgIpc) is 2.34. The van der Waals surface area contributed by atoms with Gasteiger partial charge in [0.1, 0.15) is 6.54 Å². The van der Waals surface area contributed by atoms with Crippen LogP contribution in [0.4, 0.5) is 0 Å². The van der Waals surface area contributed by atoms with Gasteiger partial charge in [-0.3, -0.25) is 0 Å². The van der Waals surface area contributed by atoms with Crippen LogP contribution < -0.4 is 5.73 Å². The first-order chi connectivity index (χ1) is 4.36. The van der Waals surface area contributed by atoms with Gasteiger partial charge < -0.3 is 10.3 Å². The van der Waals surface area contributed by atoms with Gasteiger partial charge in [-0.25, -0.2) is 0 Å². The molecule has 0 amide bonds. The SMILES string of the molecule is CCc1cc(C[NH3+])on1. The van der Waals surface area contributed by atoms with Crippen molar-refractivity contribution in [3.8, 4) is 0 Å². The highest BCUT2D eigenvalue weighted by Gasteiger charge is 1.99. The largest absolute Gasteiger partial charge is 0.355 e. The van der Waals surface area contributed by atoms with Gasteiger partial charge in [0.25, 0.3) is 0 Å². The topological polar surface area (TPSA) is 53.7 Å². The summed E-state index contributed by atoms with van der Waals surface area (Å²) < 4.78 is 4.89. The van der Waals surface area contributed by atoms with E-state index in [0.717, 1.165) is 17.9 Å². The molecule has 50 valence electrons. The number of aromatic nitrogens is 1. The molecule has 1 aromatic rings. The van der Waals surface area contributed by atoms with Gasteiger partial charge in [0, 0.05) is 6.07 Å². The second kappa shape index (κ2) is 2.64. The molecule has 3 N–H and O–H groups in total. The van der Waals surface area contributed by atoms with Gasteiger partial charge in [-0.2, -0.15) is 0 Å². The highest BCUT2D eigenvalue weighted by molar-refractivity contribution is 5.03. The minimum absolute atomic E-state index is 0.688. The molecule has 0 aliphatic carbocycles. The summed E-state index contributed by atoms with van der Waals surface area (Å²) in [6.07, 6.45) is 0.934. The first-order valence-corrected chi connectivity index (χ1v) is 3.10. The molecular weight excluding hydrogens is 116 g/mol. The Labute approximate surface area is 53.8 Å². The number of quaternary nitrogens is 1. The van der Waals surface area contributed by atoms with Crippen molar-refractivity contribution < 1.29 is 10.3 Å². The Morgan fingerprint density at radius 3 is 2.89 bits per heavy atom. The highest BCUT2D eigenvalue weighted by atomic mass is 16.5. The van der Waals surface area contributed by atoms with Crippen LogP contribution in [0.15, 0.2) is 10.6 Å². The fourth-order valence-corrected chi connectivity index (χ4v) is 0.640. The first kappa shape index (κ1) is 6.29.